The highest BCUT2D eigenvalue weighted by Crippen LogP contribution is 2.27. The van der Waals surface area contributed by atoms with Crippen molar-refractivity contribution in [1.29, 1.82) is 0 Å². The van der Waals surface area contributed by atoms with Crippen molar-refractivity contribution >= 4 is 29.1 Å². The number of carbonyl (C=O) groups excluding carboxylic acids is 1. The molecule has 0 aliphatic carbocycles. The van der Waals surface area contributed by atoms with Gasteiger partial charge in [0.15, 0.2) is 0 Å². The van der Waals surface area contributed by atoms with Gasteiger partial charge in [0.1, 0.15) is 5.60 Å². The molecule has 2 N–H and O–H groups in total. The molecule has 1 atom stereocenters. The predicted molar refractivity (Wildman–Crippen MR) is 84.9 cm³/mol. The van der Waals surface area contributed by atoms with Crippen molar-refractivity contribution in [3.05, 3.63) is 33.8 Å². The Kier molecular flexibility index (Phi) is 5.49. The van der Waals surface area contributed by atoms with Crippen molar-refractivity contribution in [2.24, 2.45) is 0 Å². The maximum Gasteiger partial charge on any atom is 0.252 e. The van der Waals surface area contributed by atoms with Gasteiger partial charge in [-0.05, 0) is 50.6 Å². The number of amides is 1. The van der Waals surface area contributed by atoms with E-state index in [9.17, 15) is 4.79 Å². The van der Waals surface area contributed by atoms with Gasteiger partial charge in [-0.15, -0.1) is 0 Å². The first-order chi connectivity index (χ1) is 9.98. The second kappa shape index (κ2) is 6.97. The van der Waals surface area contributed by atoms with Gasteiger partial charge in [0, 0.05) is 7.11 Å². The van der Waals surface area contributed by atoms with E-state index < -0.39 is 5.60 Å². The molecule has 1 aliphatic heterocycles. The monoisotopic (exact) mass is 330 g/mol. The number of benzene rings is 1. The fourth-order valence-corrected chi connectivity index (χ4v) is 2.85. The van der Waals surface area contributed by atoms with Crippen LogP contribution in [0, 0.1) is 0 Å². The number of carbonyl (C=O) groups is 1. The summed E-state index contributed by atoms with van der Waals surface area (Å²) >= 11 is 11.9. The van der Waals surface area contributed by atoms with E-state index in [1.165, 1.54) is 0 Å². The zero-order valence-corrected chi connectivity index (χ0v) is 13.7. The lowest BCUT2D eigenvalue weighted by Crippen LogP contribution is -2.54. The van der Waals surface area contributed by atoms with Crippen molar-refractivity contribution in [1.82, 2.24) is 10.6 Å². The van der Waals surface area contributed by atoms with Crippen molar-refractivity contribution in [2.75, 3.05) is 20.2 Å². The Morgan fingerprint density at radius 3 is 2.57 bits per heavy atom. The van der Waals surface area contributed by atoms with Crippen LogP contribution in [-0.4, -0.2) is 31.7 Å². The summed E-state index contributed by atoms with van der Waals surface area (Å²) in [6.45, 7) is 3.48. The van der Waals surface area contributed by atoms with Crippen molar-refractivity contribution in [2.45, 2.75) is 31.4 Å². The van der Waals surface area contributed by atoms with Crippen LogP contribution in [0.15, 0.2) is 18.2 Å². The number of nitrogens with one attached hydrogen (secondary N) is 2. The Bertz CT molecular complexity index is 516. The Labute approximate surface area is 135 Å². The fraction of sp³-hybridized carbons (Fsp3) is 0.533. The Morgan fingerprint density at radius 1 is 1.33 bits per heavy atom. The Balaban J connectivity index is 2.08. The molecule has 1 heterocycles. The Hall–Kier alpha value is -0.810. The molecule has 0 saturated carbocycles. The van der Waals surface area contributed by atoms with Crippen LogP contribution in [0.5, 0.6) is 0 Å². The summed E-state index contributed by atoms with van der Waals surface area (Å²) in [7, 11) is 1.59. The van der Waals surface area contributed by atoms with Gasteiger partial charge in [0.25, 0.3) is 5.91 Å². The van der Waals surface area contributed by atoms with Crippen molar-refractivity contribution < 1.29 is 9.53 Å². The van der Waals surface area contributed by atoms with Gasteiger partial charge in [-0.2, -0.15) is 0 Å². The van der Waals surface area contributed by atoms with E-state index in [4.69, 9.17) is 27.9 Å². The summed E-state index contributed by atoms with van der Waals surface area (Å²) < 4.78 is 5.52. The first-order valence-corrected chi connectivity index (χ1v) is 7.76. The average Bonchev–Trinajstić information content (AvgIpc) is 2.50. The minimum atomic E-state index is -0.740. The van der Waals surface area contributed by atoms with Gasteiger partial charge < -0.3 is 15.4 Å². The van der Waals surface area contributed by atoms with Crippen LogP contribution in [-0.2, 0) is 9.53 Å². The van der Waals surface area contributed by atoms with E-state index in [-0.39, 0.29) is 11.9 Å². The molecule has 1 fully saturated rings. The second-order valence-electron chi connectivity index (χ2n) is 5.32. The highest BCUT2D eigenvalue weighted by molar-refractivity contribution is 6.42. The quantitative estimate of drug-likeness (QED) is 0.892. The van der Waals surface area contributed by atoms with Crippen LogP contribution in [0.4, 0.5) is 0 Å². The fourth-order valence-electron chi connectivity index (χ4n) is 2.55. The number of ether oxygens (including phenoxy) is 1. The minimum Gasteiger partial charge on any atom is -0.368 e. The molecule has 2 rings (SSSR count). The standard InChI is InChI=1S/C15H20Cl2N2O2/c1-10(11-3-4-12(16)13(17)9-11)19-14(20)15(21-2)5-7-18-8-6-15/h3-4,9-10,18H,5-8H2,1-2H3,(H,19,20). The van der Waals surface area contributed by atoms with E-state index in [2.05, 4.69) is 10.6 Å². The molecule has 1 aliphatic rings. The lowest BCUT2D eigenvalue weighted by molar-refractivity contribution is -0.147. The van der Waals surface area contributed by atoms with E-state index in [1.54, 1.807) is 19.2 Å². The molecule has 1 unspecified atom stereocenters. The molecule has 1 saturated heterocycles. The van der Waals surface area contributed by atoms with Crippen molar-refractivity contribution in [3.8, 4) is 0 Å². The normalized spacial score (nSPS) is 19.0. The maximum atomic E-state index is 12.6. The smallest absolute Gasteiger partial charge is 0.252 e. The molecule has 21 heavy (non-hydrogen) atoms. The molecular weight excluding hydrogens is 311 g/mol. The van der Waals surface area contributed by atoms with E-state index in [1.807, 2.05) is 13.0 Å². The van der Waals surface area contributed by atoms with Crippen LogP contribution in [0.3, 0.4) is 0 Å². The Morgan fingerprint density at radius 2 is 2.00 bits per heavy atom. The van der Waals surface area contributed by atoms with Crippen LogP contribution in [0.2, 0.25) is 10.0 Å². The number of methoxy groups -OCH3 is 1. The molecule has 0 bridgehead atoms. The van der Waals surface area contributed by atoms with Gasteiger partial charge >= 0.3 is 0 Å². The molecule has 0 aromatic heterocycles. The van der Waals surface area contributed by atoms with Gasteiger partial charge in [-0.3, -0.25) is 4.79 Å². The molecular formula is C15H20Cl2N2O2. The van der Waals surface area contributed by atoms with Crippen LogP contribution in [0.1, 0.15) is 31.4 Å². The molecule has 0 spiro atoms. The minimum absolute atomic E-state index is 0.0786. The summed E-state index contributed by atoms with van der Waals surface area (Å²) in [5.41, 5.74) is 0.174. The van der Waals surface area contributed by atoms with Crippen molar-refractivity contribution in [3.63, 3.8) is 0 Å². The van der Waals surface area contributed by atoms with E-state index in [0.717, 1.165) is 18.7 Å². The highest BCUT2D eigenvalue weighted by Gasteiger charge is 2.40. The number of piperidine rings is 1. The topological polar surface area (TPSA) is 50.4 Å². The van der Waals surface area contributed by atoms with Gasteiger partial charge in [0.2, 0.25) is 0 Å². The number of rotatable bonds is 4. The SMILES string of the molecule is COC1(C(=O)NC(C)c2ccc(Cl)c(Cl)c2)CCNCC1. The summed E-state index contributed by atoms with van der Waals surface area (Å²) in [5, 5.41) is 7.24. The van der Waals surface area contributed by atoms with Crippen LogP contribution < -0.4 is 10.6 Å². The largest absolute Gasteiger partial charge is 0.368 e. The third-order valence-corrected chi connectivity index (χ3v) is 4.75. The second-order valence-corrected chi connectivity index (χ2v) is 6.13. The van der Waals surface area contributed by atoms with E-state index >= 15 is 0 Å². The molecule has 6 heteroatoms. The van der Waals surface area contributed by atoms with Crippen LogP contribution in [0.25, 0.3) is 0 Å². The average molecular weight is 331 g/mol. The highest BCUT2D eigenvalue weighted by atomic mass is 35.5. The lowest BCUT2D eigenvalue weighted by atomic mass is 9.90. The van der Waals surface area contributed by atoms with Crippen LogP contribution >= 0.6 is 23.2 Å². The molecule has 0 radical (unpaired) electrons. The first-order valence-electron chi connectivity index (χ1n) is 7.00. The number of hydrogen-bond acceptors (Lipinski definition) is 3. The third-order valence-electron chi connectivity index (χ3n) is 4.01. The predicted octanol–water partition coefficient (Wildman–Crippen LogP) is 2.94. The zero-order chi connectivity index (χ0) is 15.5. The molecule has 4 nitrogen and oxygen atoms in total. The lowest BCUT2D eigenvalue weighted by Gasteiger charge is -2.35. The summed E-state index contributed by atoms with van der Waals surface area (Å²) in [6, 6.07) is 5.21. The molecule has 1 aromatic rings. The van der Waals surface area contributed by atoms with Gasteiger partial charge in [-0.25, -0.2) is 0 Å². The number of hydrogen-bond donors (Lipinski definition) is 2. The van der Waals surface area contributed by atoms with E-state index in [0.29, 0.717) is 22.9 Å². The van der Waals surface area contributed by atoms with Gasteiger partial charge in [-0.1, -0.05) is 29.3 Å². The van der Waals surface area contributed by atoms with Gasteiger partial charge in [0.05, 0.1) is 16.1 Å². The molecule has 116 valence electrons. The summed E-state index contributed by atoms with van der Waals surface area (Å²) in [6.07, 6.45) is 1.34. The summed E-state index contributed by atoms with van der Waals surface area (Å²) in [4.78, 5) is 12.6. The summed E-state index contributed by atoms with van der Waals surface area (Å²) in [5.74, 6) is -0.0786. The number of halogens is 2. The molecule has 1 amide bonds. The first kappa shape index (κ1) is 16.6. The zero-order valence-electron chi connectivity index (χ0n) is 12.2. The third kappa shape index (κ3) is 3.69. The molecule has 1 aromatic carbocycles. The maximum absolute atomic E-state index is 12.6.